The van der Waals surface area contributed by atoms with Crippen LogP contribution in [0.1, 0.15) is 22.8 Å². The molecule has 0 unspecified atom stereocenters. The molecule has 4 heteroatoms. The molecule has 0 atom stereocenters. The summed E-state index contributed by atoms with van der Waals surface area (Å²) in [7, 11) is 0. The molecule has 2 N–H and O–H groups in total. The first-order valence-corrected chi connectivity index (χ1v) is 6.09. The number of Topliss-reactive ketones (excluding diaryl/α,β-unsaturated/α-hetero) is 1. The van der Waals surface area contributed by atoms with E-state index in [1.54, 1.807) is 37.3 Å². The maximum absolute atomic E-state index is 11.9. The van der Waals surface area contributed by atoms with Crippen molar-refractivity contribution >= 4 is 5.78 Å². The van der Waals surface area contributed by atoms with Crippen LogP contribution >= 0.6 is 0 Å². The Hall–Kier alpha value is -2.62. The Morgan fingerprint density at radius 3 is 2.25 bits per heavy atom. The Kier molecular flexibility index (Phi) is 3.57. The van der Waals surface area contributed by atoms with Crippen LogP contribution in [0.2, 0.25) is 0 Å². The van der Waals surface area contributed by atoms with E-state index in [9.17, 15) is 19.8 Å². The number of aromatic hydroxyl groups is 2. The molecule has 0 aliphatic heterocycles. The van der Waals surface area contributed by atoms with Gasteiger partial charge in [0.2, 0.25) is 0 Å². The van der Waals surface area contributed by atoms with Gasteiger partial charge in [0.1, 0.15) is 0 Å². The summed E-state index contributed by atoms with van der Waals surface area (Å²) in [6.07, 6.45) is 0. The van der Waals surface area contributed by atoms with E-state index in [-0.39, 0.29) is 16.9 Å². The summed E-state index contributed by atoms with van der Waals surface area (Å²) in [6, 6.07) is 9.86. The topological polar surface area (TPSA) is 74.6 Å². The zero-order valence-electron chi connectivity index (χ0n) is 11.2. The molecule has 2 rings (SSSR count). The molecule has 0 aromatic heterocycles. The standard InChI is InChI=1S/C16H14O4/c1-9-8-12(18)15(19)16(20)14(13(9)10(2)17)11-6-4-3-5-7-11/h3-8H,1-2H3,(H2,18,19,20). The number of hydrogen-bond acceptors (Lipinski definition) is 4. The Morgan fingerprint density at radius 1 is 1.10 bits per heavy atom. The summed E-state index contributed by atoms with van der Waals surface area (Å²) in [6.45, 7) is 2.97. The number of benzene rings is 1. The van der Waals surface area contributed by atoms with Gasteiger partial charge < -0.3 is 10.2 Å². The number of carbonyl (C=O) groups excluding carboxylic acids is 1. The maximum Gasteiger partial charge on any atom is 0.262 e. The minimum atomic E-state index is -0.889. The molecule has 20 heavy (non-hydrogen) atoms. The third-order valence-corrected chi connectivity index (χ3v) is 3.10. The molecular weight excluding hydrogens is 256 g/mol. The van der Waals surface area contributed by atoms with E-state index in [0.717, 1.165) is 0 Å². The number of aryl methyl sites for hydroxylation is 1. The molecule has 0 aliphatic rings. The number of ketones is 1. The Balaban J connectivity index is 3.03. The molecule has 0 saturated carbocycles. The third-order valence-electron chi connectivity index (χ3n) is 3.10. The van der Waals surface area contributed by atoms with Gasteiger partial charge in [-0.2, -0.15) is 0 Å². The van der Waals surface area contributed by atoms with E-state index in [4.69, 9.17) is 0 Å². The summed E-state index contributed by atoms with van der Waals surface area (Å²) >= 11 is 0. The normalized spacial score (nSPS) is 10.3. The van der Waals surface area contributed by atoms with Crippen LogP contribution in [-0.4, -0.2) is 16.0 Å². The second kappa shape index (κ2) is 5.17. The van der Waals surface area contributed by atoms with Gasteiger partial charge in [-0.15, -0.1) is 0 Å². The van der Waals surface area contributed by atoms with Gasteiger partial charge in [0, 0.05) is 11.1 Å². The van der Waals surface area contributed by atoms with Crippen molar-refractivity contribution < 1.29 is 15.0 Å². The molecule has 0 spiro atoms. The van der Waals surface area contributed by atoms with Crippen molar-refractivity contribution in [1.82, 2.24) is 0 Å². The summed E-state index contributed by atoms with van der Waals surface area (Å²) in [5.74, 6) is -1.48. The fraction of sp³-hybridized carbons (Fsp3) is 0.125. The summed E-state index contributed by atoms with van der Waals surface area (Å²) in [4.78, 5) is 23.8. The van der Waals surface area contributed by atoms with Crippen LogP contribution < -0.4 is 5.43 Å². The van der Waals surface area contributed by atoms with E-state index in [1.165, 1.54) is 13.0 Å². The molecule has 0 amide bonds. The van der Waals surface area contributed by atoms with Crippen molar-refractivity contribution in [3.8, 4) is 22.6 Å². The minimum absolute atomic E-state index is 0.154. The highest BCUT2D eigenvalue weighted by Gasteiger charge is 2.19. The second-order valence-corrected chi connectivity index (χ2v) is 4.56. The summed E-state index contributed by atoms with van der Waals surface area (Å²) < 4.78 is 0. The molecule has 2 aromatic carbocycles. The van der Waals surface area contributed by atoms with Crippen LogP contribution in [0.5, 0.6) is 11.5 Å². The van der Waals surface area contributed by atoms with Crippen LogP contribution in [0.25, 0.3) is 11.1 Å². The first-order valence-electron chi connectivity index (χ1n) is 6.09. The first kappa shape index (κ1) is 13.8. The predicted octanol–water partition coefficient (Wildman–Crippen LogP) is 2.64. The van der Waals surface area contributed by atoms with Crippen LogP contribution in [0.3, 0.4) is 0 Å². The minimum Gasteiger partial charge on any atom is -0.504 e. The lowest BCUT2D eigenvalue weighted by Gasteiger charge is -2.07. The summed E-state index contributed by atoms with van der Waals surface area (Å²) in [5, 5.41) is 19.8. The Morgan fingerprint density at radius 2 is 1.70 bits per heavy atom. The molecule has 0 aliphatic carbocycles. The number of rotatable bonds is 2. The van der Waals surface area contributed by atoms with Gasteiger partial charge in [0.25, 0.3) is 5.43 Å². The van der Waals surface area contributed by atoms with Crippen molar-refractivity contribution in [2.75, 3.05) is 0 Å². The van der Waals surface area contributed by atoms with Gasteiger partial charge >= 0.3 is 0 Å². The first-order chi connectivity index (χ1) is 9.43. The monoisotopic (exact) mass is 270 g/mol. The van der Waals surface area contributed by atoms with E-state index in [0.29, 0.717) is 11.1 Å². The average Bonchev–Trinajstić information content (AvgIpc) is 2.50. The van der Waals surface area contributed by atoms with E-state index < -0.39 is 16.9 Å². The van der Waals surface area contributed by atoms with Crippen molar-refractivity contribution in [3.05, 3.63) is 57.7 Å². The number of hydrogen-bond donors (Lipinski definition) is 2. The zero-order chi connectivity index (χ0) is 14.9. The molecule has 0 bridgehead atoms. The molecule has 0 fully saturated rings. The highest BCUT2D eigenvalue weighted by atomic mass is 16.3. The molecule has 102 valence electrons. The maximum atomic E-state index is 11.9. The molecule has 0 radical (unpaired) electrons. The van der Waals surface area contributed by atoms with Gasteiger partial charge in [0.05, 0.1) is 0 Å². The smallest absolute Gasteiger partial charge is 0.262 e. The molecule has 4 nitrogen and oxygen atoms in total. The van der Waals surface area contributed by atoms with Crippen molar-refractivity contribution in [2.45, 2.75) is 13.8 Å². The fourth-order valence-corrected chi connectivity index (χ4v) is 2.23. The van der Waals surface area contributed by atoms with Crippen molar-refractivity contribution in [3.63, 3.8) is 0 Å². The van der Waals surface area contributed by atoms with E-state index >= 15 is 0 Å². The van der Waals surface area contributed by atoms with Gasteiger partial charge in [-0.25, -0.2) is 0 Å². The van der Waals surface area contributed by atoms with Gasteiger partial charge in [-0.1, -0.05) is 30.3 Å². The molecule has 0 heterocycles. The van der Waals surface area contributed by atoms with Crippen LogP contribution in [-0.2, 0) is 0 Å². The van der Waals surface area contributed by atoms with Crippen LogP contribution in [0.4, 0.5) is 0 Å². The van der Waals surface area contributed by atoms with E-state index in [2.05, 4.69) is 0 Å². The Bertz CT molecular complexity index is 734. The molecular formula is C16H14O4. The Labute approximate surface area is 116 Å². The van der Waals surface area contributed by atoms with E-state index in [1.807, 2.05) is 0 Å². The summed E-state index contributed by atoms with van der Waals surface area (Å²) in [5.41, 5.74) is 0.476. The quantitative estimate of drug-likeness (QED) is 0.823. The zero-order valence-corrected chi connectivity index (χ0v) is 11.2. The highest BCUT2D eigenvalue weighted by molar-refractivity contribution is 6.03. The molecule has 2 aromatic rings. The molecule has 0 saturated heterocycles. The van der Waals surface area contributed by atoms with Gasteiger partial charge in [0.15, 0.2) is 17.3 Å². The largest absolute Gasteiger partial charge is 0.504 e. The van der Waals surface area contributed by atoms with Gasteiger partial charge in [-0.3, -0.25) is 9.59 Å². The average molecular weight is 270 g/mol. The lowest BCUT2D eigenvalue weighted by molar-refractivity contribution is 0.101. The lowest BCUT2D eigenvalue weighted by Crippen LogP contribution is -2.01. The van der Waals surface area contributed by atoms with Crippen LogP contribution in [0, 0.1) is 6.92 Å². The number of carbonyl (C=O) groups is 1. The van der Waals surface area contributed by atoms with Gasteiger partial charge in [-0.05, 0) is 31.0 Å². The fourth-order valence-electron chi connectivity index (χ4n) is 2.23. The van der Waals surface area contributed by atoms with Crippen molar-refractivity contribution in [1.29, 1.82) is 0 Å². The predicted molar refractivity (Wildman–Crippen MR) is 76.2 cm³/mol. The van der Waals surface area contributed by atoms with Crippen molar-refractivity contribution in [2.24, 2.45) is 0 Å². The highest BCUT2D eigenvalue weighted by Crippen LogP contribution is 2.32. The second-order valence-electron chi connectivity index (χ2n) is 4.56. The third kappa shape index (κ3) is 2.28. The lowest BCUT2D eigenvalue weighted by atomic mass is 9.96. The SMILES string of the molecule is CC(=O)c1c(C)cc(O)c(=O)c(O)c1-c1ccccc1. The van der Waals surface area contributed by atoms with Crippen LogP contribution in [0.15, 0.2) is 41.2 Å².